The number of hydrogen-bond acceptors (Lipinski definition) is 7. The Kier molecular flexibility index (Phi) is 7.49. The predicted molar refractivity (Wildman–Crippen MR) is 142 cm³/mol. The van der Waals surface area contributed by atoms with Crippen LogP contribution in [0.1, 0.15) is 49.6 Å². The highest BCUT2D eigenvalue weighted by Gasteiger charge is 2.23. The van der Waals surface area contributed by atoms with Gasteiger partial charge in [0, 0.05) is 43.2 Å². The summed E-state index contributed by atoms with van der Waals surface area (Å²) in [4.78, 5) is 28.9. The van der Waals surface area contributed by atoms with E-state index in [1.165, 1.54) is 26.1 Å². The van der Waals surface area contributed by atoms with E-state index in [1.807, 2.05) is 20.9 Å². The number of ether oxygens (including phenoxy) is 1. The molecule has 10 heteroatoms. The fraction of sp³-hybridized carbons (Fsp3) is 0.370. The number of aryl methyl sites for hydroxylation is 1. The zero-order chi connectivity index (χ0) is 26.7. The van der Waals surface area contributed by atoms with E-state index in [-0.39, 0.29) is 5.69 Å². The van der Waals surface area contributed by atoms with E-state index in [0.717, 1.165) is 28.0 Å². The number of rotatable bonds is 7. The van der Waals surface area contributed by atoms with Gasteiger partial charge in [0.1, 0.15) is 16.7 Å². The highest BCUT2D eigenvalue weighted by Crippen LogP contribution is 2.28. The van der Waals surface area contributed by atoms with E-state index in [2.05, 4.69) is 26.9 Å². The van der Waals surface area contributed by atoms with Gasteiger partial charge in [-0.1, -0.05) is 12.2 Å². The van der Waals surface area contributed by atoms with Crippen molar-refractivity contribution in [3.05, 3.63) is 71.6 Å². The molecule has 4 rings (SSSR count). The van der Waals surface area contributed by atoms with E-state index in [9.17, 15) is 9.18 Å². The van der Waals surface area contributed by atoms with Crippen molar-refractivity contribution in [3.8, 4) is 0 Å². The summed E-state index contributed by atoms with van der Waals surface area (Å²) in [5.41, 5.74) is 2.55. The fourth-order valence-electron chi connectivity index (χ4n) is 4.01. The second-order valence-electron chi connectivity index (χ2n) is 9.55. The van der Waals surface area contributed by atoms with E-state index < -0.39 is 11.6 Å². The lowest BCUT2D eigenvalue weighted by molar-refractivity contribution is 0.0966. The van der Waals surface area contributed by atoms with Crippen LogP contribution in [0.2, 0.25) is 0 Å². The number of fused-ring (bicyclic) bond motifs is 1. The summed E-state index contributed by atoms with van der Waals surface area (Å²) in [5.74, 6) is 0.906. The molecule has 1 N–H and O–H groups in total. The number of anilines is 1. The molecule has 0 aliphatic carbocycles. The molecule has 0 atom stereocenters. The molecule has 3 aromatic rings. The molecule has 37 heavy (non-hydrogen) atoms. The summed E-state index contributed by atoms with van der Waals surface area (Å²) >= 11 is 0. The maximum atomic E-state index is 14.4. The molecule has 0 spiro atoms. The zero-order valence-corrected chi connectivity index (χ0v) is 21.9. The maximum absolute atomic E-state index is 14.4. The van der Waals surface area contributed by atoms with Crippen molar-refractivity contribution in [3.63, 3.8) is 0 Å². The molecule has 0 aromatic carbocycles. The monoisotopic (exact) mass is 505 g/mol. The van der Waals surface area contributed by atoms with Gasteiger partial charge in [0.15, 0.2) is 11.6 Å². The Balaban J connectivity index is 1.71. The molecule has 3 aromatic heterocycles. The summed E-state index contributed by atoms with van der Waals surface area (Å²) in [6, 6.07) is 2.99. The second kappa shape index (κ2) is 10.6. The quantitative estimate of drug-likeness (QED) is 0.483. The number of nitrogens with zero attached hydrogens (tertiary/aromatic N) is 6. The van der Waals surface area contributed by atoms with Gasteiger partial charge in [0.05, 0.1) is 25.1 Å². The predicted octanol–water partition coefficient (Wildman–Crippen LogP) is 4.09. The molecule has 1 aliphatic rings. The van der Waals surface area contributed by atoms with Gasteiger partial charge in [0.25, 0.3) is 5.91 Å². The van der Waals surface area contributed by atoms with Crippen molar-refractivity contribution >= 4 is 28.3 Å². The van der Waals surface area contributed by atoms with Crippen LogP contribution in [0.3, 0.4) is 0 Å². The van der Waals surface area contributed by atoms with Gasteiger partial charge in [-0.3, -0.25) is 14.5 Å². The molecule has 0 saturated carbocycles. The van der Waals surface area contributed by atoms with E-state index >= 15 is 0 Å². The van der Waals surface area contributed by atoms with Crippen LogP contribution in [0, 0.1) is 0 Å². The first kappa shape index (κ1) is 26.2. The summed E-state index contributed by atoms with van der Waals surface area (Å²) in [5, 5.41) is 7.25. The molecule has 1 aliphatic heterocycles. The SMILES string of the molecule is C=C/C(=C\C(=C(C)C)c1nc(N2CCOCC2)c2c(cnn2C)n1)NC(=O)c1ccnc(C(C)(C)F)c1. The Hall–Kier alpha value is -3.92. The average Bonchev–Trinajstić information content (AvgIpc) is 3.26. The molecular formula is C27H32FN7O2. The van der Waals surface area contributed by atoms with Crippen LogP contribution in [0.15, 0.2) is 54.5 Å². The van der Waals surface area contributed by atoms with Gasteiger partial charge in [-0.05, 0) is 52.0 Å². The third-order valence-electron chi connectivity index (χ3n) is 6.07. The molecule has 1 fully saturated rings. The third-order valence-corrected chi connectivity index (χ3v) is 6.07. The lowest BCUT2D eigenvalue weighted by atomic mass is 10.0. The first-order valence-electron chi connectivity index (χ1n) is 12.1. The summed E-state index contributed by atoms with van der Waals surface area (Å²) in [6.45, 7) is 13.3. The minimum atomic E-state index is -1.66. The zero-order valence-electron chi connectivity index (χ0n) is 21.9. The number of morpholine rings is 1. The summed E-state index contributed by atoms with van der Waals surface area (Å²) < 4.78 is 21.7. The summed E-state index contributed by atoms with van der Waals surface area (Å²) in [7, 11) is 1.87. The van der Waals surface area contributed by atoms with Crippen molar-refractivity contribution < 1.29 is 13.9 Å². The number of allylic oxidation sites excluding steroid dienone is 4. The van der Waals surface area contributed by atoms with Crippen molar-refractivity contribution in [2.45, 2.75) is 33.4 Å². The maximum Gasteiger partial charge on any atom is 0.255 e. The van der Waals surface area contributed by atoms with Gasteiger partial charge < -0.3 is 15.0 Å². The highest BCUT2D eigenvalue weighted by atomic mass is 19.1. The Labute approximate surface area is 215 Å². The van der Waals surface area contributed by atoms with Gasteiger partial charge in [-0.25, -0.2) is 14.4 Å². The number of pyridine rings is 1. The molecule has 1 amide bonds. The number of nitrogens with one attached hydrogen (secondary N) is 1. The Bertz CT molecular complexity index is 1390. The molecule has 4 heterocycles. The molecule has 194 valence electrons. The van der Waals surface area contributed by atoms with Crippen molar-refractivity contribution in [1.29, 1.82) is 0 Å². The van der Waals surface area contributed by atoms with E-state index in [4.69, 9.17) is 14.7 Å². The smallest absolute Gasteiger partial charge is 0.255 e. The number of carbonyl (C=O) groups excluding carboxylic acids is 1. The van der Waals surface area contributed by atoms with Gasteiger partial charge >= 0.3 is 0 Å². The molecule has 0 radical (unpaired) electrons. The normalized spacial score (nSPS) is 14.5. The van der Waals surface area contributed by atoms with Crippen LogP contribution in [-0.4, -0.2) is 56.9 Å². The number of amides is 1. The molecule has 9 nitrogen and oxygen atoms in total. The molecule has 1 saturated heterocycles. The number of carbonyl (C=O) groups is 1. The number of halogens is 1. The van der Waals surface area contributed by atoms with Gasteiger partial charge in [0.2, 0.25) is 0 Å². The van der Waals surface area contributed by atoms with Crippen LogP contribution in [0.25, 0.3) is 16.6 Å². The molecular weight excluding hydrogens is 473 g/mol. The lowest BCUT2D eigenvalue weighted by Crippen LogP contribution is -2.37. The van der Waals surface area contributed by atoms with Gasteiger partial charge in [-0.15, -0.1) is 0 Å². The minimum Gasteiger partial charge on any atom is -0.378 e. The van der Waals surface area contributed by atoms with Crippen molar-refractivity contribution in [1.82, 2.24) is 30.0 Å². The van der Waals surface area contributed by atoms with Crippen LogP contribution in [-0.2, 0) is 17.5 Å². The Morgan fingerprint density at radius 2 is 1.97 bits per heavy atom. The summed E-state index contributed by atoms with van der Waals surface area (Å²) in [6.07, 6.45) is 6.49. The van der Waals surface area contributed by atoms with Gasteiger partial charge in [-0.2, -0.15) is 5.10 Å². The fourth-order valence-corrected chi connectivity index (χ4v) is 4.01. The van der Waals surface area contributed by atoms with Crippen molar-refractivity contribution in [2.24, 2.45) is 7.05 Å². The van der Waals surface area contributed by atoms with E-state index in [1.54, 1.807) is 29.1 Å². The average molecular weight is 506 g/mol. The minimum absolute atomic E-state index is 0.183. The van der Waals surface area contributed by atoms with Crippen molar-refractivity contribution in [2.75, 3.05) is 31.2 Å². The lowest BCUT2D eigenvalue weighted by Gasteiger charge is -2.28. The molecule has 0 unspecified atom stereocenters. The third kappa shape index (κ3) is 5.75. The number of hydrogen-bond donors (Lipinski definition) is 1. The Morgan fingerprint density at radius 3 is 2.62 bits per heavy atom. The first-order valence-corrected chi connectivity index (χ1v) is 12.1. The number of alkyl halides is 1. The second-order valence-corrected chi connectivity index (χ2v) is 9.55. The van der Waals surface area contributed by atoms with E-state index in [0.29, 0.717) is 43.4 Å². The standard InChI is InChI=1S/C27H32FN7O2/c1-7-19(31-26(36)18-8-9-29-22(14-18)27(4,5)28)15-20(17(2)3)24-32-21-16-30-34(6)23(21)25(33-24)35-10-12-37-13-11-35/h7-9,14-16H,1,10-13H2,2-6H3,(H,31,36)/b19-15+. The first-order chi connectivity index (χ1) is 17.6. The Morgan fingerprint density at radius 1 is 1.24 bits per heavy atom. The molecule has 0 bridgehead atoms. The van der Waals surface area contributed by atoms with Crippen LogP contribution in [0.4, 0.5) is 10.2 Å². The number of aromatic nitrogens is 5. The highest BCUT2D eigenvalue weighted by molar-refractivity contribution is 5.96. The largest absolute Gasteiger partial charge is 0.378 e. The van der Waals surface area contributed by atoms with Crippen LogP contribution in [0.5, 0.6) is 0 Å². The topological polar surface area (TPSA) is 98.1 Å². The van der Waals surface area contributed by atoms with Crippen LogP contribution >= 0.6 is 0 Å². The van der Waals surface area contributed by atoms with Crippen LogP contribution < -0.4 is 10.2 Å².